The summed E-state index contributed by atoms with van der Waals surface area (Å²) in [4.78, 5) is 6.84. The Balaban J connectivity index is 1.49. The van der Waals surface area contributed by atoms with Gasteiger partial charge in [0, 0.05) is 35.0 Å². The molecule has 0 aliphatic carbocycles. The molecule has 2 aliphatic heterocycles. The highest BCUT2D eigenvalue weighted by molar-refractivity contribution is 7.80. The molecule has 2 aliphatic rings. The van der Waals surface area contributed by atoms with Gasteiger partial charge >= 0.3 is 0 Å². The smallest absolute Gasteiger partial charge is 0.231 e. The highest BCUT2D eigenvalue weighted by Gasteiger charge is 2.42. The molecule has 0 bridgehead atoms. The quantitative estimate of drug-likeness (QED) is 0.370. The van der Waals surface area contributed by atoms with Crippen LogP contribution in [-0.2, 0) is 0 Å². The highest BCUT2D eigenvalue weighted by Crippen LogP contribution is 2.46. The predicted molar refractivity (Wildman–Crippen MR) is 142 cm³/mol. The minimum Gasteiger partial charge on any atom is -0.497 e. The van der Waals surface area contributed by atoms with Crippen molar-refractivity contribution in [3.8, 4) is 22.9 Å². The Morgan fingerprint density at radius 1 is 0.972 bits per heavy atom. The van der Waals surface area contributed by atoms with Crippen LogP contribution in [0.5, 0.6) is 17.2 Å². The standard InChI is InChI=1S/C28H26N4O3S/c1-17-14-22(18(2)31(17)19-7-10-21(33-3)11-8-19)27-26(23-6-4-5-13-29-23)30-28(36)32(27)20-9-12-24-25(15-20)35-16-34-24/h4-15,26-27H,16H2,1-3H3,(H,30,36). The number of nitrogens with zero attached hydrogens (tertiary/aromatic N) is 3. The number of hydrogen-bond donors (Lipinski definition) is 1. The summed E-state index contributed by atoms with van der Waals surface area (Å²) in [7, 11) is 1.68. The molecule has 36 heavy (non-hydrogen) atoms. The van der Waals surface area contributed by atoms with Crippen molar-refractivity contribution in [3.63, 3.8) is 0 Å². The van der Waals surface area contributed by atoms with Crippen molar-refractivity contribution >= 4 is 23.0 Å². The van der Waals surface area contributed by atoms with Crippen LogP contribution in [0.4, 0.5) is 5.69 Å². The summed E-state index contributed by atoms with van der Waals surface area (Å²) >= 11 is 5.90. The van der Waals surface area contributed by atoms with Crippen molar-refractivity contribution < 1.29 is 14.2 Å². The normalized spacial score (nSPS) is 18.4. The third kappa shape index (κ3) is 3.65. The molecular formula is C28H26N4O3S. The van der Waals surface area contributed by atoms with E-state index >= 15 is 0 Å². The Bertz CT molecular complexity index is 1440. The molecular weight excluding hydrogens is 472 g/mol. The number of aryl methyl sites for hydroxylation is 1. The Morgan fingerprint density at radius 2 is 1.75 bits per heavy atom. The van der Waals surface area contributed by atoms with Gasteiger partial charge in [0.15, 0.2) is 16.6 Å². The van der Waals surface area contributed by atoms with Crippen LogP contribution in [-0.4, -0.2) is 28.6 Å². The average Bonchev–Trinajstić information content (AvgIpc) is 3.59. The number of nitrogens with one attached hydrogen (secondary N) is 1. The van der Waals surface area contributed by atoms with Gasteiger partial charge in [-0.05, 0) is 86.2 Å². The maximum atomic E-state index is 5.90. The van der Waals surface area contributed by atoms with Crippen LogP contribution in [0.25, 0.3) is 5.69 Å². The summed E-state index contributed by atoms with van der Waals surface area (Å²) < 4.78 is 18.8. The lowest BCUT2D eigenvalue weighted by molar-refractivity contribution is 0.174. The van der Waals surface area contributed by atoms with Crippen molar-refractivity contribution in [2.24, 2.45) is 0 Å². The van der Waals surface area contributed by atoms with Gasteiger partial charge in [0.25, 0.3) is 0 Å². The minimum absolute atomic E-state index is 0.119. The Morgan fingerprint density at radius 3 is 2.50 bits per heavy atom. The molecule has 0 amide bonds. The Kier molecular flexibility index (Phi) is 5.53. The largest absolute Gasteiger partial charge is 0.497 e. The lowest BCUT2D eigenvalue weighted by Gasteiger charge is -2.28. The van der Waals surface area contributed by atoms with Crippen molar-refractivity contribution in [2.45, 2.75) is 25.9 Å². The van der Waals surface area contributed by atoms with Crippen molar-refractivity contribution in [1.29, 1.82) is 0 Å². The average molecular weight is 499 g/mol. The summed E-state index contributed by atoms with van der Waals surface area (Å²) in [6, 6.07) is 22.0. The number of rotatable bonds is 5. The molecule has 7 nitrogen and oxygen atoms in total. The van der Waals surface area contributed by atoms with E-state index in [-0.39, 0.29) is 18.9 Å². The highest BCUT2D eigenvalue weighted by atomic mass is 32.1. The molecule has 4 heterocycles. The number of thiocarbonyl (C=S) groups is 1. The Labute approximate surface area is 215 Å². The number of hydrogen-bond acceptors (Lipinski definition) is 5. The van der Waals surface area contributed by atoms with Gasteiger partial charge in [0.05, 0.1) is 24.9 Å². The maximum Gasteiger partial charge on any atom is 0.231 e. The van der Waals surface area contributed by atoms with Gasteiger partial charge in [-0.3, -0.25) is 4.98 Å². The first-order valence-corrected chi connectivity index (χ1v) is 12.2. The summed E-state index contributed by atoms with van der Waals surface area (Å²) in [6.07, 6.45) is 1.82. The zero-order valence-electron chi connectivity index (χ0n) is 20.3. The van der Waals surface area contributed by atoms with Crippen molar-refractivity contribution in [2.75, 3.05) is 18.8 Å². The van der Waals surface area contributed by atoms with Crippen LogP contribution in [0.2, 0.25) is 0 Å². The number of ether oxygens (including phenoxy) is 3. The molecule has 0 saturated carbocycles. The molecule has 8 heteroatoms. The van der Waals surface area contributed by atoms with Gasteiger partial charge < -0.3 is 29.0 Å². The van der Waals surface area contributed by atoms with E-state index in [1.807, 2.05) is 54.7 Å². The molecule has 6 rings (SSSR count). The van der Waals surface area contributed by atoms with Crippen LogP contribution in [0.15, 0.2) is 72.9 Å². The van der Waals surface area contributed by atoms with Gasteiger partial charge in [-0.2, -0.15) is 0 Å². The van der Waals surface area contributed by atoms with Gasteiger partial charge in [-0.25, -0.2) is 0 Å². The molecule has 1 fully saturated rings. The first kappa shape index (κ1) is 22.4. The van der Waals surface area contributed by atoms with Gasteiger partial charge in [0.2, 0.25) is 6.79 Å². The molecule has 1 N–H and O–H groups in total. The predicted octanol–water partition coefficient (Wildman–Crippen LogP) is 5.40. The monoisotopic (exact) mass is 498 g/mol. The molecule has 0 radical (unpaired) electrons. The SMILES string of the molecule is COc1ccc(-n2c(C)cc(C3C(c4ccccn4)NC(=S)N3c3ccc4c(c3)OCO4)c2C)cc1. The summed E-state index contributed by atoms with van der Waals surface area (Å²) in [5, 5.41) is 4.19. The third-order valence-corrected chi connectivity index (χ3v) is 7.17. The molecule has 182 valence electrons. The first-order chi connectivity index (χ1) is 17.5. The van der Waals surface area contributed by atoms with Gasteiger partial charge in [-0.15, -0.1) is 0 Å². The zero-order chi connectivity index (χ0) is 24.8. The lowest BCUT2D eigenvalue weighted by atomic mass is 9.96. The van der Waals surface area contributed by atoms with Crippen LogP contribution < -0.4 is 24.4 Å². The van der Waals surface area contributed by atoms with Crippen LogP contribution in [0, 0.1) is 13.8 Å². The van der Waals surface area contributed by atoms with Gasteiger partial charge in [-0.1, -0.05) is 6.07 Å². The van der Waals surface area contributed by atoms with Crippen LogP contribution >= 0.6 is 12.2 Å². The fourth-order valence-electron chi connectivity index (χ4n) is 5.20. The summed E-state index contributed by atoms with van der Waals surface area (Å²) in [6.45, 7) is 4.51. The molecule has 0 spiro atoms. The first-order valence-electron chi connectivity index (χ1n) is 11.8. The second kappa shape index (κ2) is 8.87. The number of methoxy groups -OCH3 is 1. The van der Waals surface area contributed by atoms with E-state index in [1.54, 1.807) is 7.11 Å². The summed E-state index contributed by atoms with van der Waals surface area (Å²) in [5.41, 5.74) is 6.40. The fourth-order valence-corrected chi connectivity index (χ4v) is 5.55. The van der Waals surface area contributed by atoms with E-state index in [0.29, 0.717) is 5.11 Å². The fraction of sp³-hybridized carbons (Fsp3) is 0.214. The molecule has 4 aromatic rings. The number of pyridine rings is 1. The van der Waals surface area contributed by atoms with E-state index < -0.39 is 0 Å². The summed E-state index contributed by atoms with van der Waals surface area (Å²) in [5.74, 6) is 2.29. The number of anilines is 1. The Hall–Kier alpha value is -4.04. The van der Waals surface area contributed by atoms with E-state index in [1.165, 1.54) is 5.56 Å². The number of aromatic nitrogens is 2. The molecule has 1 saturated heterocycles. The molecule has 2 atom stereocenters. The van der Waals surface area contributed by atoms with E-state index in [9.17, 15) is 0 Å². The topological polar surface area (TPSA) is 60.8 Å². The minimum atomic E-state index is -0.131. The van der Waals surface area contributed by atoms with E-state index in [4.69, 9.17) is 26.4 Å². The van der Waals surface area contributed by atoms with Crippen molar-refractivity contribution in [1.82, 2.24) is 14.9 Å². The van der Waals surface area contributed by atoms with Crippen LogP contribution in [0.1, 0.15) is 34.7 Å². The molecule has 2 unspecified atom stereocenters. The van der Waals surface area contributed by atoms with Crippen molar-refractivity contribution in [3.05, 3.63) is 95.6 Å². The van der Waals surface area contributed by atoms with Gasteiger partial charge in [0.1, 0.15) is 5.75 Å². The number of fused-ring (bicyclic) bond motifs is 1. The molecule has 2 aromatic carbocycles. The van der Waals surface area contributed by atoms with Crippen LogP contribution in [0.3, 0.4) is 0 Å². The second-order valence-electron chi connectivity index (χ2n) is 8.89. The zero-order valence-corrected chi connectivity index (χ0v) is 21.1. The van der Waals surface area contributed by atoms with E-state index in [2.05, 4.69) is 51.8 Å². The second-order valence-corrected chi connectivity index (χ2v) is 9.28. The maximum absolute atomic E-state index is 5.90. The van der Waals surface area contributed by atoms with E-state index in [0.717, 1.165) is 45.7 Å². The lowest BCUT2D eigenvalue weighted by Crippen LogP contribution is -2.29. The molecule has 2 aromatic heterocycles. The third-order valence-electron chi connectivity index (χ3n) is 6.85. The number of benzene rings is 2.